The highest BCUT2D eigenvalue weighted by Gasteiger charge is 2.43. The van der Waals surface area contributed by atoms with Gasteiger partial charge in [0.2, 0.25) is 10.0 Å². The number of furan rings is 1. The van der Waals surface area contributed by atoms with Gasteiger partial charge in [0, 0.05) is 19.6 Å². The first-order chi connectivity index (χ1) is 11.7. The van der Waals surface area contributed by atoms with Crippen LogP contribution >= 0.6 is 0 Å². The van der Waals surface area contributed by atoms with Crippen molar-refractivity contribution in [1.82, 2.24) is 9.62 Å². The van der Waals surface area contributed by atoms with Crippen molar-refractivity contribution in [2.24, 2.45) is 0 Å². The highest BCUT2D eigenvalue weighted by molar-refractivity contribution is 7.88. The van der Waals surface area contributed by atoms with Gasteiger partial charge in [-0.25, -0.2) is 13.1 Å². The Morgan fingerprint density at radius 2 is 2.20 bits per heavy atom. The van der Waals surface area contributed by atoms with E-state index in [-0.39, 0.29) is 11.7 Å². The largest absolute Gasteiger partial charge is 0.465 e. The zero-order valence-corrected chi connectivity index (χ0v) is 16.0. The highest BCUT2D eigenvalue weighted by Crippen LogP contribution is 2.33. The van der Waals surface area contributed by atoms with Gasteiger partial charge in [-0.05, 0) is 38.3 Å². The Morgan fingerprint density at radius 3 is 2.88 bits per heavy atom. The Balaban J connectivity index is 1.61. The van der Waals surface area contributed by atoms with Crippen molar-refractivity contribution in [3.8, 4) is 0 Å². The van der Waals surface area contributed by atoms with Gasteiger partial charge in [0.25, 0.3) is 0 Å². The van der Waals surface area contributed by atoms with Crippen LogP contribution in [0.4, 0.5) is 0 Å². The van der Waals surface area contributed by atoms with Crippen LogP contribution in [0.15, 0.2) is 10.5 Å². The predicted octanol–water partition coefficient (Wildman–Crippen LogP) is 1.20. The molecule has 0 saturated carbocycles. The Labute approximate surface area is 149 Å². The lowest BCUT2D eigenvalue weighted by atomic mass is 10.00. The van der Waals surface area contributed by atoms with Crippen LogP contribution < -0.4 is 4.72 Å². The smallest absolute Gasteiger partial charge is 0.208 e. The normalized spacial score (nSPS) is 28.5. The molecule has 0 amide bonds. The molecule has 142 valence electrons. The summed E-state index contributed by atoms with van der Waals surface area (Å²) in [5, 5.41) is 0. The third-order valence-electron chi connectivity index (χ3n) is 4.94. The summed E-state index contributed by atoms with van der Waals surface area (Å²) in [4.78, 5) is 2.30. The molecular formula is C17H28N2O5S. The van der Waals surface area contributed by atoms with Crippen LogP contribution in [0.5, 0.6) is 0 Å². The van der Waals surface area contributed by atoms with E-state index in [4.69, 9.17) is 13.9 Å². The standard InChI is InChI=1S/C17H28N2O5S/c1-13-8-16(23-14(13)2)10-19-6-7-22-12-17(11-19)5-4-15(24-17)9-18-25(3,20)21/h8,15,18H,4-7,9-12H2,1-3H3/t15-,17-/m1/s1. The number of rotatable bonds is 5. The Kier molecular flexibility index (Phi) is 5.55. The van der Waals surface area contributed by atoms with Gasteiger partial charge in [0.05, 0.1) is 32.1 Å². The lowest BCUT2D eigenvalue weighted by molar-refractivity contribution is -0.0846. The second-order valence-corrected chi connectivity index (χ2v) is 9.13. The molecule has 25 heavy (non-hydrogen) atoms. The molecule has 2 atom stereocenters. The molecule has 3 heterocycles. The van der Waals surface area contributed by atoms with Crippen LogP contribution in [0.1, 0.15) is 29.9 Å². The van der Waals surface area contributed by atoms with Gasteiger partial charge >= 0.3 is 0 Å². The van der Waals surface area contributed by atoms with E-state index < -0.39 is 10.0 Å². The number of nitrogens with zero attached hydrogens (tertiary/aromatic N) is 1. The third-order valence-corrected chi connectivity index (χ3v) is 5.63. The van der Waals surface area contributed by atoms with Crippen LogP contribution in [-0.2, 0) is 26.0 Å². The fraction of sp³-hybridized carbons (Fsp3) is 0.765. The van der Waals surface area contributed by atoms with Gasteiger partial charge < -0.3 is 13.9 Å². The van der Waals surface area contributed by atoms with Crippen LogP contribution in [0.25, 0.3) is 0 Å². The van der Waals surface area contributed by atoms with E-state index >= 15 is 0 Å². The molecule has 0 aliphatic carbocycles. The monoisotopic (exact) mass is 372 g/mol. The molecule has 1 aromatic rings. The van der Waals surface area contributed by atoms with Crippen LogP contribution in [-0.4, -0.2) is 64.1 Å². The van der Waals surface area contributed by atoms with Crippen molar-refractivity contribution in [2.45, 2.75) is 44.9 Å². The summed E-state index contributed by atoms with van der Waals surface area (Å²) in [6.45, 7) is 7.88. The van der Waals surface area contributed by atoms with Crippen molar-refractivity contribution in [3.63, 3.8) is 0 Å². The molecule has 2 saturated heterocycles. The first-order valence-electron chi connectivity index (χ1n) is 8.73. The first kappa shape index (κ1) is 18.8. The molecule has 2 aliphatic heterocycles. The number of nitrogens with one attached hydrogen (secondary N) is 1. The third kappa shape index (κ3) is 5.04. The lowest BCUT2D eigenvalue weighted by Gasteiger charge is -2.31. The van der Waals surface area contributed by atoms with Crippen molar-refractivity contribution < 1.29 is 22.3 Å². The first-order valence-corrected chi connectivity index (χ1v) is 10.6. The zero-order valence-electron chi connectivity index (χ0n) is 15.2. The molecule has 2 aliphatic rings. The molecule has 0 bridgehead atoms. The highest BCUT2D eigenvalue weighted by atomic mass is 32.2. The average Bonchev–Trinajstić information content (AvgIpc) is 2.97. The van der Waals surface area contributed by atoms with Crippen molar-refractivity contribution >= 4 is 10.0 Å². The minimum absolute atomic E-state index is 0.105. The van der Waals surface area contributed by atoms with E-state index in [1.54, 1.807) is 0 Å². The molecule has 1 N–H and O–H groups in total. The minimum Gasteiger partial charge on any atom is -0.465 e. The summed E-state index contributed by atoms with van der Waals surface area (Å²) in [5.41, 5.74) is 0.802. The summed E-state index contributed by atoms with van der Waals surface area (Å²) in [6.07, 6.45) is 2.77. The van der Waals surface area contributed by atoms with Gasteiger partial charge in [-0.1, -0.05) is 0 Å². The van der Waals surface area contributed by atoms with E-state index in [0.29, 0.717) is 19.8 Å². The molecule has 7 nitrogen and oxygen atoms in total. The van der Waals surface area contributed by atoms with Crippen LogP contribution in [0.3, 0.4) is 0 Å². The minimum atomic E-state index is -3.20. The van der Waals surface area contributed by atoms with Crippen LogP contribution in [0, 0.1) is 13.8 Å². The van der Waals surface area contributed by atoms with E-state index in [1.807, 2.05) is 6.92 Å². The molecule has 0 radical (unpaired) electrons. The van der Waals surface area contributed by atoms with Gasteiger partial charge in [-0.2, -0.15) is 0 Å². The Morgan fingerprint density at radius 1 is 1.40 bits per heavy atom. The molecule has 0 unspecified atom stereocenters. The fourth-order valence-corrected chi connectivity index (χ4v) is 4.06. The molecule has 0 aromatic carbocycles. The number of ether oxygens (including phenoxy) is 2. The average molecular weight is 372 g/mol. The van der Waals surface area contributed by atoms with Gasteiger partial charge in [0.15, 0.2) is 0 Å². The van der Waals surface area contributed by atoms with Gasteiger partial charge in [-0.15, -0.1) is 0 Å². The van der Waals surface area contributed by atoms with Crippen LogP contribution in [0.2, 0.25) is 0 Å². The number of sulfonamides is 1. The van der Waals surface area contributed by atoms with Crippen molar-refractivity contribution in [1.29, 1.82) is 0 Å². The topological polar surface area (TPSA) is 81.0 Å². The van der Waals surface area contributed by atoms with E-state index in [9.17, 15) is 8.42 Å². The predicted molar refractivity (Wildman–Crippen MR) is 94.0 cm³/mol. The lowest BCUT2D eigenvalue weighted by Crippen LogP contribution is -2.45. The molecular weight excluding hydrogens is 344 g/mol. The fourth-order valence-electron chi connectivity index (χ4n) is 3.57. The molecule has 1 aromatic heterocycles. The quantitative estimate of drug-likeness (QED) is 0.836. The maximum atomic E-state index is 11.3. The molecule has 1 spiro atoms. The van der Waals surface area contributed by atoms with Crippen molar-refractivity contribution in [2.75, 3.05) is 39.1 Å². The van der Waals surface area contributed by atoms with E-state index in [0.717, 1.165) is 44.0 Å². The second-order valence-electron chi connectivity index (χ2n) is 7.30. The maximum Gasteiger partial charge on any atom is 0.208 e. The number of hydrogen-bond donors (Lipinski definition) is 1. The van der Waals surface area contributed by atoms with Crippen molar-refractivity contribution in [3.05, 3.63) is 23.2 Å². The summed E-state index contributed by atoms with van der Waals surface area (Å²) in [7, 11) is -3.20. The Hall–Kier alpha value is -0.930. The number of aryl methyl sites for hydroxylation is 2. The van der Waals surface area contributed by atoms with Gasteiger partial charge in [0.1, 0.15) is 17.1 Å². The van der Waals surface area contributed by atoms with E-state index in [1.165, 1.54) is 11.8 Å². The summed E-state index contributed by atoms with van der Waals surface area (Å²) < 4.78 is 42.9. The Bertz CT molecular complexity index is 682. The maximum absolute atomic E-state index is 11.3. The molecule has 8 heteroatoms. The summed E-state index contributed by atoms with van der Waals surface area (Å²) in [6, 6.07) is 2.09. The van der Waals surface area contributed by atoms with Gasteiger partial charge in [-0.3, -0.25) is 4.90 Å². The molecule has 3 rings (SSSR count). The number of hydrogen-bond acceptors (Lipinski definition) is 6. The zero-order chi connectivity index (χ0) is 18.1. The van der Waals surface area contributed by atoms with E-state index in [2.05, 4.69) is 22.6 Å². The summed E-state index contributed by atoms with van der Waals surface area (Å²) >= 11 is 0. The summed E-state index contributed by atoms with van der Waals surface area (Å²) in [5.74, 6) is 1.92. The SMILES string of the molecule is Cc1cc(CN2CCOC[C@@]3(CC[C@H](CNS(C)(=O)=O)O3)C2)oc1C. The molecule has 2 fully saturated rings. The second kappa shape index (κ2) is 7.36.